The van der Waals surface area contributed by atoms with E-state index in [0.29, 0.717) is 12.3 Å². The summed E-state index contributed by atoms with van der Waals surface area (Å²) in [6.45, 7) is 17.5. The summed E-state index contributed by atoms with van der Waals surface area (Å²) in [5.74, 6) is -1.21. The van der Waals surface area contributed by atoms with E-state index >= 15 is 0 Å². The van der Waals surface area contributed by atoms with Crippen LogP contribution in [-0.4, -0.2) is 33.4 Å². The van der Waals surface area contributed by atoms with Gasteiger partial charge in [-0.1, -0.05) is 46.8 Å². The summed E-state index contributed by atoms with van der Waals surface area (Å²) in [6, 6.07) is 0. The van der Waals surface area contributed by atoms with Crippen molar-refractivity contribution in [1.82, 2.24) is 0 Å². The molecule has 0 aromatic heterocycles. The highest BCUT2D eigenvalue weighted by Crippen LogP contribution is 2.79. The molecule has 5 aliphatic carbocycles. The molecule has 35 heavy (non-hydrogen) atoms. The van der Waals surface area contributed by atoms with Crippen LogP contribution in [0.1, 0.15) is 92.9 Å². The number of carboxylic acids is 2. The Morgan fingerprint density at radius 2 is 1.49 bits per heavy atom. The molecular weight excluding hydrogens is 440 g/mol. The molecule has 3 N–H and O–H groups in total. The summed E-state index contributed by atoms with van der Waals surface area (Å²) in [5.41, 5.74) is -0.558. The predicted octanol–water partition coefficient (Wildman–Crippen LogP) is 6.01. The zero-order valence-electron chi connectivity index (χ0n) is 22.6. The lowest BCUT2D eigenvalue weighted by atomic mass is 9.34. The van der Waals surface area contributed by atoms with Gasteiger partial charge in [0, 0.05) is 0 Å². The van der Waals surface area contributed by atoms with Crippen molar-refractivity contribution < 1.29 is 24.9 Å². The Morgan fingerprint density at radius 3 is 2.06 bits per heavy atom. The number of aliphatic hydroxyl groups excluding tert-OH is 1. The highest BCUT2D eigenvalue weighted by molar-refractivity contribution is 5.76. The molecular formula is C30H46O5. The molecule has 5 fully saturated rings. The Balaban J connectivity index is 1.62. The van der Waals surface area contributed by atoms with Gasteiger partial charge in [-0.2, -0.15) is 0 Å². The number of hydrogen-bond donors (Lipinski definition) is 3. The van der Waals surface area contributed by atoms with Gasteiger partial charge < -0.3 is 15.3 Å². The second-order valence-corrected chi connectivity index (χ2v) is 14.6. The lowest BCUT2D eigenvalue weighted by Gasteiger charge is -2.70. The molecule has 5 nitrogen and oxygen atoms in total. The van der Waals surface area contributed by atoms with E-state index in [1.165, 1.54) is 0 Å². The summed E-state index contributed by atoms with van der Waals surface area (Å²) in [7, 11) is 0. The third-order valence-electron chi connectivity index (χ3n) is 13.6. The summed E-state index contributed by atoms with van der Waals surface area (Å²) in [6.07, 6.45) is 6.24. The Kier molecular flexibility index (Phi) is 5.32. The van der Waals surface area contributed by atoms with E-state index in [-0.39, 0.29) is 34.5 Å². The molecule has 0 radical (unpaired) electrons. The van der Waals surface area contributed by atoms with Crippen LogP contribution in [0, 0.1) is 62.6 Å². The van der Waals surface area contributed by atoms with Crippen molar-refractivity contribution in [3.05, 3.63) is 12.2 Å². The second kappa shape index (κ2) is 7.36. The van der Waals surface area contributed by atoms with Crippen molar-refractivity contribution in [3.63, 3.8) is 0 Å². The first-order chi connectivity index (χ1) is 16.1. The Labute approximate surface area is 210 Å². The first-order valence-electron chi connectivity index (χ1n) is 13.9. The topological polar surface area (TPSA) is 94.8 Å². The average Bonchev–Trinajstić information content (AvgIpc) is 3.21. The Bertz CT molecular complexity index is 970. The number of carbonyl (C=O) groups is 2. The monoisotopic (exact) mass is 486 g/mol. The van der Waals surface area contributed by atoms with Crippen LogP contribution in [0.5, 0.6) is 0 Å². The molecule has 11 atom stereocenters. The largest absolute Gasteiger partial charge is 0.481 e. The SMILES string of the molecule is C=C(C)[C@@H]1CC[C@]2(C(=O)O)CC[C@]3(C)[C@H](CC[C@@H]4[C@@]5(C)[C@@H](C(=O)O)[C@H](O)C(C)(C)[C@@H]5CC[C@]43C)C12. The van der Waals surface area contributed by atoms with Crippen molar-refractivity contribution in [2.45, 2.75) is 99.0 Å². The smallest absolute Gasteiger partial charge is 0.309 e. The van der Waals surface area contributed by atoms with Crippen molar-refractivity contribution in [2.75, 3.05) is 0 Å². The number of aliphatic carboxylic acids is 2. The highest BCUT2D eigenvalue weighted by atomic mass is 16.4. The van der Waals surface area contributed by atoms with Crippen LogP contribution in [-0.2, 0) is 9.59 Å². The van der Waals surface area contributed by atoms with E-state index in [2.05, 4.69) is 48.1 Å². The number of aliphatic hydroxyl groups is 1. The molecule has 0 saturated heterocycles. The fourth-order valence-electron chi connectivity index (χ4n) is 11.8. The molecule has 0 bridgehead atoms. The molecule has 0 heterocycles. The van der Waals surface area contributed by atoms with Crippen LogP contribution in [0.3, 0.4) is 0 Å². The second-order valence-electron chi connectivity index (χ2n) is 14.6. The van der Waals surface area contributed by atoms with Gasteiger partial charge in [-0.15, -0.1) is 0 Å². The summed E-state index contributed by atoms with van der Waals surface area (Å²) in [4.78, 5) is 25.4. The van der Waals surface area contributed by atoms with Crippen LogP contribution < -0.4 is 0 Å². The van der Waals surface area contributed by atoms with Crippen LogP contribution >= 0.6 is 0 Å². The van der Waals surface area contributed by atoms with E-state index in [1.54, 1.807) is 0 Å². The number of rotatable bonds is 3. The molecule has 0 spiro atoms. The van der Waals surface area contributed by atoms with Gasteiger partial charge >= 0.3 is 11.9 Å². The zero-order chi connectivity index (χ0) is 25.9. The highest BCUT2D eigenvalue weighted by Gasteiger charge is 2.75. The molecule has 196 valence electrons. The van der Waals surface area contributed by atoms with Crippen LogP contribution in [0.4, 0.5) is 0 Å². The van der Waals surface area contributed by atoms with Gasteiger partial charge in [0.1, 0.15) is 0 Å². The molecule has 0 aromatic carbocycles. The molecule has 0 amide bonds. The van der Waals surface area contributed by atoms with E-state index in [9.17, 15) is 24.9 Å². The van der Waals surface area contributed by atoms with Gasteiger partial charge in [-0.3, -0.25) is 9.59 Å². The van der Waals surface area contributed by atoms with E-state index in [0.717, 1.165) is 50.5 Å². The van der Waals surface area contributed by atoms with Gasteiger partial charge in [0.2, 0.25) is 0 Å². The minimum absolute atomic E-state index is 0.0493. The molecule has 0 aliphatic heterocycles. The number of hydrogen-bond acceptors (Lipinski definition) is 3. The first kappa shape index (κ1) is 25.3. The quantitative estimate of drug-likeness (QED) is 0.425. The summed E-state index contributed by atoms with van der Waals surface area (Å²) in [5, 5.41) is 32.2. The van der Waals surface area contributed by atoms with Gasteiger partial charge in [-0.05, 0) is 110 Å². The Morgan fingerprint density at radius 1 is 0.829 bits per heavy atom. The third-order valence-corrected chi connectivity index (χ3v) is 13.6. The van der Waals surface area contributed by atoms with E-state index < -0.39 is 40.2 Å². The Hall–Kier alpha value is -1.36. The molecule has 1 unspecified atom stereocenters. The van der Waals surface area contributed by atoms with Gasteiger partial charge in [0.25, 0.3) is 0 Å². The molecule has 5 aliphatic rings. The van der Waals surface area contributed by atoms with E-state index in [4.69, 9.17) is 0 Å². The maximum absolute atomic E-state index is 12.8. The minimum atomic E-state index is -0.862. The third kappa shape index (κ3) is 2.75. The summed E-state index contributed by atoms with van der Waals surface area (Å²) >= 11 is 0. The lowest BCUT2D eigenvalue weighted by molar-refractivity contribution is -0.228. The predicted molar refractivity (Wildman–Crippen MR) is 135 cm³/mol. The van der Waals surface area contributed by atoms with Gasteiger partial charge in [0.05, 0.1) is 17.4 Å². The maximum Gasteiger partial charge on any atom is 0.309 e. The van der Waals surface area contributed by atoms with Crippen molar-refractivity contribution in [3.8, 4) is 0 Å². The maximum atomic E-state index is 12.8. The molecule has 5 heteroatoms. The van der Waals surface area contributed by atoms with Crippen LogP contribution in [0.2, 0.25) is 0 Å². The fourth-order valence-corrected chi connectivity index (χ4v) is 11.8. The van der Waals surface area contributed by atoms with Gasteiger partial charge in [0.15, 0.2) is 0 Å². The standard InChI is InChI=1S/C30H46O5/c1-16(2)17-10-13-30(25(34)35)15-14-27(5)18(21(17)30)8-9-20-28(27,6)12-11-19-26(3,4)23(31)22(24(32)33)29(19,20)7/h17-23,31H,1,8-15H2,2-7H3,(H,32,33)(H,34,35)/t17-,18+,19-,20-,21?,22+,23-,27+,28+,29-,30-/m0/s1. The van der Waals surface area contributed by atoms with Gasteiger partial charge in [-0.25, -0.2) is 0 Å². The fraction of sp³-hybridized carbons (Fsp3) is 0.867. The number of carboxylic acid groups (broad SMARTS) is 2. The number of fused-ring (bicyclic) bond motifs is 7. The summed E-state index contributed by atoms with van der Waals surface area (Å²) < 4.78 is 0. The normalized spacial score (nSPS) is 54.2. The minimum Gasteiger partial charge on any atom is -0.481 e. The van der Waals surface area contributed by atoms with Crippen molar-refractivity contribution in [2.24, 2.45) is 62.6 Å². The van der Waals surface area contributed by atoms with Crippen LogP contribution in [0.25, 0.3) is 0 Å². The zero-order valence-corrected chi connectivity index (χ0v) is 22.6. The molecule has 0 aromatic rings. The number of allylic oxidation sites excluding steroid dienone is 1. The average molecular weight is 487 g/mol. The van der Waals surface area contributed by atoms with Crippen molar-refractivity contribution in [1.29, 1.82) is 0 Å². The lowest BCUT2D eigenvalue weighted by Crippen LogP contribution is -2.65. The van der Waals surface area contributed by atoms with E-state index in [1.807, 2.05) is 0 Å². The molecule has 5 saturated carbocycles. The first-order valence-corrected chi connectivity index (χ1v) is 13.9. The van der Waals surface area contributed by atoms with Crippen LogP contribution in [0.15, 0.2) is 12.2 Å². The molecule has 5 rings (SSSR count). The van der Waals surface area contributed by atoms with Crippen molar-refractivity contribution >= 4 is 11.9 Å².